The van der Waals surface area contributed by atoms with Crippen LogP contribution in [0, 0.1) is 5.82 Å². The average molecular weight is 488 g/mol. The van der Waals surface area contributed by atoms with Crippen LogP contribution in [0.1, 0.15) is 12.5 Å². The summed E-state index contributed by atoms with van der Waals surface area (Å²) in [6.07, 6.45) is 5.75. The van der Waals surface area contributed by atoms with Gasteiger partial charge in [0.25, 0.3) is 0 Å². The van der Waals surface area contributed by atoms with E-state index in [9.17, 15) is 9.18 Å². The van der Waals surface area contributed by atoms with E-state index in [1.54, 1.807) is 17.0 Å². The van der Waals surface area contributed by atoms with Crippen LogP contribution in [-0.4, -0.2) is 72.5 Å². The number of hydrogen-bond donors (Lipinski definition) is 0. The monoisotopic (exact) mass is 487 g/mol. The zero-order valence-corrected chi connectivity index (χ0v) is 20.4. The smallest absolute Gasteiger partial charge is 0.246 e. The molecule has 1 amide bonds. The molecule has 1 aliphatic rings. The third kappa shape index (κ3) is 5.18. The second-order valence-electron chi connectivity index (χ2n) is 8.23. The molecule has 0 saturated carbocycles. The minimum atomic E-state index is -0.715. The van der Waals surface area contributed by atoms with Crippen LogP contribution in [0.4, 0.5) is 14.6 Å². The number of carbonyl (C=O) groups excluding carboxylic acids is 1. The Kier molecular flexibility index (Phi) is 8.17. The van der Waals surface area contributed by atoms with Crippen LogP contribution in [0.3, 0.4) is 0 Å². The molecule has 0 radical (unpaired) electrons. The van der Waals surface area contributed by atoms with Crippen molar-refractivity contribution in [2.24, 2.45) is 0 Å². The van der Waals surface area contributed by atoms with Crippen molar-refractivity contribution in [3.8, 4) is 0 Å². The Morgan fingerprint density at radius 3 is 2.47 bits per heavy atom. The van der Waals surface area contributed by atoms with E-state index in [2.05, 4.69) is 23.1 Å². The number of hydrogen-bond acceptors (Lipinski definition) is 5. The Morgan fingerprint density at radius 2 is 1.91 bits per heavy atom. The molecule has 3 rings (SSSR count). The summed E-state index contributed by atoms with van der Waals surface area (Å²) in [5.41, 5.74) is 0.623. The van der Waals surface area contributed by atoms with Crippen molar-refractivity contribution in [2.45, 2.75) is 6.92 Å². The minimum Gasteiger partial charge on any atom is -0.352 e. The van der Waals surface area contributed by atoms with E-state index in [0.29, 0.717) is 49.5 Å². The average Bonchev–Trinajstić information content (AvgIpc) is 2.80. The van der Waals surface area contributed by atoms with Crippen molar-refractivity contribution in [1.29, 1.82) is 0 Å². The van der Waals surface area contributed by atoms with E-state index in [4.69, 9.17) is 11.6 Å². The van der Waals surface area contributed by atoms with Crippen LogP contribution in [0.15, 0.2) is 55.2 Å². The first-order chi connectivity index (χ1) is 16.2. The first kappa shape index (κ1) is 25.5. The summed E-state index contributed by atoms with van der Waals surface area (Å²) in [6.45, 7) is 10.8. The number of amides is 1. The van der Waals surface area contributed by atoms with E-state index in [1.165, 1.54) is 25.4 Å². The minimum absolute atomic E-state index is 0.0461. The summed E-state index contributed by atoms with van der Waals surface area (Å²) in [4.78, 5) is 25.9. The lowest BCUT2D eigenvalue weighted by Crippen LogP contribution is -2.48. The van der Waals surface area contributed by atoms with Crippen LogP contribution in [-0.2, 0) is 4.79 Å². The number of carbonyl (C=O) groups is 1. The summed E-state index contributed by atoms with van der Waals surface area (Å²) < 4.78 is 30.7. The highest BCUT2D eigenvalue weighted by Gasteiger charge is 2.26. The van der Waals surface area contributed by atoms with Gasteiger partial charge in [0.05, 0.1) is 5.02 Å². The summed E-state index contributed by atoms with van der Waals surface area (Å²) in [6, 6.07) is 1.58. The van der Waals surface area contributed by atoms with Gasteiger partial charge in [-0.05, 0) is 38.7 Å². The molecule has 1 fully saturated rings. The number of fused-ring (bicyclic) bond motifs is 1. The van der Waals surface area contributed by atoms with Gasteiger partial charge in [0.15, 0.2) is 5.82 Å². The number of halogens is 3. The zero-order chi connectivity index (χ0) is 25.0. The molecule has 34 heavy (non-hydrogen) atoms. The van der Waals surface area contributed by atoms with Gasteiger partial charge in [0, 0.05) is 49.2 Å². The highest BCUT2D eigenvalue weighted by molar-refractivity contribution is 6.33. The Bertz CT molecular complexity index is 1180. The van der Waals surface area contributed by atoms with Crippen LogP contribution >= 0.6 is 11.6 Å². The van der Waals surface area contributed by atoms with Crippen LogP contribution in [0.25, 0.3) is 16.5 Å². The van der Waals surface area contributed by atoms with E-state index < -0.39 is 11.6 Å². The largest absolute Gasteiger partial charge is 0.352 e. The number of piperazine rings is 1. The molecule has 1 saturated heterocycles. The molecule has 2 heterocycles. The predicted molar refractivity (Wildman–Crippen MR) is 134 cm³/mol. The molecule has 9 heteroatoms. The van der Waals surface area contributed by atoms with Gasteiger partial charge in [-0.2, -0.15) is 0 Å². The quantitative estimate of drug-likeness (QED) is 0.421. The van der Waals surface area contributed by atoms with E-state index >= 15 is 4.39 Å². The van der Waals surface area contributed by atoms with Gasteiger partial charge in [0.2, 0.25) is 5.91 Å². The molecule has 0 atom stereocenters. The fourth-order valence-corrected chi connectivity index (χ4v) is 4.40. The molecule has 0 spiro atoms. The Hall–Kier alpha value is -3.10. The number of rotatable bonds is 7. The first-order valence-electron chi connectivity index (χ1n) is 10.8. The molecule has 0 N–H and O–H groups in total. The molecule has 1 aromatic heterocycles. The SMILES string of the molecule is C=C/C=C(CN(C)C)\C(=C(/C)F)c1c(Cl)cc2c(N3CCN(C(=O)C=C)CC3)ncnc2c1F. The second-order valence-corrected chi connectivity index (χ2v) is 8.64. The number of aromatic nitrogens is 2. The van der Waals surface area contributed by atoms with Gasteiger partial charge in [0.1, 0.15) is 23.5 Å². The number of likely N-dealkylation sites (N-methyl/N-ethyl adjacent to an activating group) is 1. The second kappa shape index (κ2) is 10.9. The highest BCUT2D eigenvalue weighted by Crippen LogP contribution is 2.39. The molecule has 180 valence electrons. The number of benzene rings is 1. The van der Waals surface area contributed by atoms with Crippen molar-refractivity contribution < 1.29 is 13.6 Å². The lowest BCUT2D eigenvalue weighted by atomic mass is 9.94. The summed E-state index contributed by atoms with van der Waals surface area (Å²) in [5.74, 6) is -0.895. The maximum absolute atomic E-state index is 15.9. The lowest BCUT2D eigenvalue weighted by Gasteiger charge is -2.35. The van der Waals surface area contributed by atoms with Crippen molar-refractivity contribution in [3.63, 3.8) is 0 Å². The molecule has 1 aromatic carbocycles. The summed E-state index contributed by atoms with van der Waals surface area (Å²) in [5, 5.41) is 0.484. The lowest BCUT2D eigenvalue weighted by molar-refractivity contribution is -0.126. The van der Waals surface area contributed by atoms with Crippen molar-refractivity contribution >= 4 is 39.8 Å². The first-order valence-corrected chi connectivity index (χ1v) is 11.2. The van der Waals surface area contributed by atoms with Gasteiger partial charge in [-0.1, -0.05) is 36.9 Å². The van der Waals surface area contributed by atoms with Crippen molar-refractivity contribution in [1.82, 2.24) is 19.8 Å². The number of nitrogens with zero attached hydrogens (tertiary/aromatic N) is 5. The maximum Gasteiger partial charge on any atom is 0.246 e. The predicted octanol–water partition coefficient (Wildman–Crippen LogP) is 4.63. The molecule has 1 aliphatic heterocycles. The fourth-order valence-electron chi connectivity index (χ4n) is 4.12. The molecule has 0 aliphatic carbocycles. The molecule has 6 nitrogen and oxygen atoms in total. The molecule has 2 aromatic rings. The third-order valence-corrected chi connectivity index (χ3v) is 5.88. The normalized spacial score (nSPS) is 15.6. The van der Waals surface area contributed by atoms with Gasteiger partial charge < -0.3 is 14.7 Å². The third-order valence-electron chi connectivity index (χ3n) is 5.59. The Labute approximate surface area is 203 Å². The summed E-state index contributed by atoms with van der Waals surface area (Å²) >= 11 is 6.58. The van der Waals surface area contributed by atoms with Crippen LogP contribution in [0.2, 0.25) is 5.02 Å². The Balaban J connectivity index is 2.10. The highest BCUT2D eigenvalue weighted by atomic mass is 35.5. The van der Waals surface area contributed by atoms with Crippen molar-refractivity contribution in [3.05, 3.63) is 71.6 Å². The number of allylic oxidation sites excluding steroid dienone is 3. The van der Waals surface area contributed by atoms with Gasteiger partial charge >= 0.3 is 0 Å². The van der Waals surface area contributed by atoms with Crippen LogP contribution < -0.4 is 4.90 Å². The van der Waals surface area contributed by atoms with E-state index in [-0.39, 0.29) is 27.6 Å². The molecule has 0 unspecified atom stereocenters. The standard InChI is InChI=1S/C25H28ClF2N5O/c1-6-8-17(14-31(4)5)21(16(3)27)22-19(26)13-18-24(23(22)28)29-15-30-25(18)33-11-9-32(10-12-33)20(34)7-2/h6-8,13,15H,1-2,9-12,14H2,3-5H3/b17-8-,21-16-. The van der Waals surface area contributed by atoms with Gasteiger partial charge in [-0.25, -0.2) is 18.7 Å². The molecular formula is C25H28ClF2N5O. The number of anilines is 1. The maximum atomic E-state index is 15.9. The zero-order valence-electron chi connectivity index (χ0n) is 19.6. The van der Waals surface area contributed by atoms with Gasteiger partial charge in [-0.15, -0.1) is 0 Å². The van der Waals surface area contributed by atoms with E-state index in [1.807, 2.05) is 23.9 Å². The van der Waals surface area contributed by atoms with Crippen molar-refractivity contribution in [2.75, 3.05) is 51.7 Å². The summed E-state index contributed by atoms with van der Waals surface area (Å²) in [7, 11) is 3.67. The van der Waals surface area contributed by atoms with Gasteiger partial charge in [-0.3, -0.25) is 4.79 Å². The fraction of sp³-hybridized carbons (Fsp3) is 0.320. The van der Waals surface area contributed by atoms with E-state index in [0.717, 1.165) is 0 Å². The molecule has 0 bridgehead atoms. The Morgan fingerprint density at radius 1 is 1.24 bits per heavy atom. The topological polar surface area (TPSA) is 52.6 Å². The van der Waals surface area contributed by atoms with Crippen LogP contribution in [0.5, 0.6) is 0 Å². The molecular weight excluding hydrogens is 460 g/mol.